The monoisotopic (exact) mass is 644 g/mol. The van der Waals surface area contributed by atoms with Crippen LogP contribution in [-0.2, 0) is 18.4 Å². The molecule has 1 atom stereocenters. The van der Waals surface area contributed by atoms with Gasteiger partial charge in [0.25, 0.3) is 11.1 Å². The molecule has 0 amide bonds. The molecule has 8 rings (SSSR count). The number of para-hydroxylation sites is 1. The number of nitrogens with zero attached hydrogens (tertiary/aromatic N) is 7. The average Bonchev–Trinajstić information content (AvgIpc) is 3.46. The van der Waals surface area contributed by atoms with Gasteiger partial charge in [-0.25, -0.2) is 9.97 Å². The molecule has 2 saturated heterocycles. The van der Waals surface area contributed by atoms with E-state index in [1.54, 1.807) is 37.8 Å². The first-order valence-electron chi connectivity index (χ1n) is 16.1. The fourth-order valence-electron chi connectivity index (χ4n) is 6.96. The molecule has 0 aliphatic carbocycles. The van der Waals surface area contributed by atoms with Crippen LogP contribution < -0.4 is 21.3 Å². The largest absolute Gasteiger partial charge is 0.392 e. The van der Waals surface area contributed by atoms with Gasteiger partial charge in [-0.3, -0.25) is 19.1 Å². The molecule has 2 aliphatic heterocycles. The minimum absolute atomic E-state index is 0.226. The molecule has 48 heavy (non-hydrogen) atoms. The summed E-state index contributed by atoms with van der Waals surface area (Å²) in [5.74, 6) is 0.868. The number of aliphatic hydroxyl groups is 1. The molecule has 0 bridgehead atoms. The minimum Gasteiger partial charge on any atom is -0.392 e. The van der Waals surface area contributed by atoms with E-state index in [-0.39, 0.29) is 17.7 Å². The number of aliphatic hydroxyl groups excluding tert-OH is 1. The van der Waals surface area contributed by atoms with Gasteiger partial charge in [-0.05, 0) is 48.9 Å². The molecule has 0 unspecified atom stereocenters. The van der Waals surface area contributed by atoms with Crippen molar-refractivity contribution >= 4 is 33.6 Å². The summed E-state index contributed by atoms with van der Waals surface area (Å²) in [5.41, 5.74) is 4.12. The predicted molar refractivity (Wildman–Crippen MR) is 185 cm³/mol. The maximum atomic E-state index is 13.7. The normalized spacial score (nSPS) is 17.2. The second-order valence-electron chi connectivity index (χ2n) is 12.6. The summed E-state index contributed by atoms with van der Waals surface area (Å²) in [5, 5.41) is 14.8. The van der Waals surface area contributed by atoms with Crippen molar-refractivity contribution < 1.29 is 9.84 Å². The van der Waals surface area contributed by atoms with Crippen molar-refractivity contribution in [1.29, 1.82) is 0 Å². The van der Waals surface area contributed by atoms with Crippen LogP contribution in [-0.4, -0.2) is 78.4 Å². The molecule has 5 aromatic heterocycles. The maximum absolute atomic E-state index is 13.7. The highest BCUT2D eigenvalue weighted by Crippen LogP contribution is 2.29. The molecule has 2 fully saturated rings. The first-order valence-corrected chi connectivity index (χ1v) is 16.1. The number of hydrogen-bond donors (Lipinski definition) is 2. The molecular weight excluding hydrogens is 608 g/mol. The van der Waals surface area contributed by atoms with Crippen LogP contribution in [0.5, 0.6) is 0 Å². The Labute approximate surface area is 276 Å². The second-order valence-corrected chi connectivity index (χ2v) is 12.6. The fraction of sp³-hybridized carbons (Fsp3) is 0.278. The third-order valence-corrected chi connectivity index (χ3v) is 9.60. The Morgan fingerprint density at radius 3 is 2.58 bits per heavy atom. The minimum atomic E-state index is -0.366. The van der Waals surface area contributed by atoms with Crippen LogP contribution in [0, 0.1) is 0 Å². The van der Waals surface area contributed by atoms with Gasteiger partial charge in [0.15, 0.2) is 0 Å². The van der Waals surface area contributed by atoms with Crippen LogP contribution in [0.1, 0.15) is 12.5 Å². The number of aromatic nitrogens is 5. The smallest absolute Gasteiger partial charge is 0.280 e. The molecule has 2 aliphatic rings. The van der Waals surface area contributed by atoms with Crippen molar-refractivity contribution in [3.05, 3.63) is 112 Å². The number of nitrogens with one attached hydrogen (secondary N) is 1. The Bertz CT molecular complexity index is 2270. The molecule has 0 radical (unpaired) electrons. The maximum Gasteiger partial charge on any atom is 0.280 e. The Balaban J connectivity index is 1.09. The van der Waals surface area contributed by atoms with E-state index in [1.807, 2.05) is 59.3 Å². The van der Waals surface area contributed by atoms with Gasteiger partial charge in [0.1, 0.15) is 22.8 Å². The van der Waals surface area contributed by atoms with E-state index in [1.165, 1.54) is 9.13 Å². The number of ether oxygens (including phenoxy) is 1. The highest BCUT2D eigenvalue weighted by atomic mass is 16.5. The van der Waals surface area contributed by atoms with Crippen molar-refractivity contribution in [3.63, 3.8) is 0 Å². The molecular formula is C36H36N8O4. The summed E-state index contributed by atoms with van der Waals surface area (Å²) < 4.78 is 10.2. The van der Waals surface area contributed by atoms with E-state index in [0.29, 0.717) is 51.6 Å². The van der Waals surface area contributed by atoms with Crippen LogP contribution in [0.3, 0.4) is 0 Å². The Kier molecular flexibility index (Phi) is 7.55. The lowest BCUT2D eigenvalue weighted by Crippen LogP contribution is -2.59. The summed E-state index contributed by atoms with van der Waals surface area (Å²) in [7, 11) is 1.68. The van der Waals surface area contributed by atoms with Crippen molar-refractivity contribution in [2.45, 2.75) is 25.6 Å². The highest BCUT2D eigenvalue weighted by molar-refractivity contribution is 5.87. The van der Waals surface area contributed by atoms with Crippen LogP contribution in [0.15, 0.2) is 95.2 Å². The zero-order valence-corrected chi connectivity index (χ0v) is 26.8. The van der Waals surface area contributed by atoms with Gasteiger partial charge >= 0.3 is 0 Å². The van der Waals surface area contributed by atoms with Crippen molar-refractivity contribution in [3.8, 4) is 16.9 Å². The lowest BCUT2D eigenvalue weighted by Gasteiger charge is -2.46. The van der Waals surface area contributed by atoms with Gasteiger partial charge in [-0.15, -0.1) is 0 Å². The lowest BCUT2D eigenvalue weighted by molar-refractivity contribution is -0.0691. The third-order valence-electron chi connectivity index (χ3n) is 9.60. The molecule has 244 valence electrons. The van der Waals surface area contributed by atoms with E-state index in [0.717, 1.165) is 49.4 Å². The summed E-state index contributed by atoms with van der Waals surface area (Å²) >= 11 is 0. The van der Waals surface area contributed by atoms with Gasteiger partial charge in [-0.2, -0.15) is 0 Å². The van der Waals surface area contributed by atoms with E-state index in [2.05, 4.69) is 32.0 Å². The Morgan fingerprint density at radius 2 is 1.83 bits per heavy atom. The first kappa shape index (κ1) is 30.1. The number of pyridine rings is 3. The Hall–Kier alpha value is -5.30. The van der Waals surface area contributed by atoms with Crippen LogP contribution in [0.4, 0.5) is 17.2 Å². The van der Waals surface area contributed by atoms with E-state index >= 15 is 0 Å². The predicted octanol–water partition coefficient (Wildman–Crippen LogP) is 3.54. The molecule has 2 N–H and O–H groups in total. The summed E-state index contributed by atoms with van der Waals surface area (Å²) in [6.07, 6.45) is 8.66. The number of anilines is 3. The van der Waals surface area contributed by atoms with Crippen LogP contribution in [0.2, 0.25) is 0 Å². The zero-order chi connectivity index (χ0) is 32.9. The summed E-state index contributed by atoms with van der Waals surface area (Å²) in [4.78, 5) is 41.0. The first-order chi connectivity index (χ1) is 23.4. The number of aryl methyl sites for hydroxylation is 1. The molecule has 12 nitrogen and oxygen atoms in total. The third kappa shape index (κ3) is 5.14. The molecule has 0 spiro atoms. The topological polar surface area (TPSA) is 122 Å². The van der Waals surface area contributed by atoms with Crippen LogP contribution >= 0.6 is 0 Å². The molecule has 6 aromatic rings. The van der Waals surface area contributed by atoms with Gasteiger partial charge in [-0.1, -0.05) is 18.2 Å². The van der Waals surface area contributed by atoms with Crippen molar-refractivity contribution in [2.75, 3.05) is 43.1 Å². The summed E-state index contributed by atoms with van der Waals surface area (Å²) in [6, 6.07) is 18.0. The molecule has 12 heteroatoms. The van der Waals surface area contributed by atoms with Gasteiger partial charge in [0.2, 0.25) is 0 Å². The SMILES string of the molecule is C[C@H]1CN(C2COC2)CCN1c1ccc(Nc2cc(-c3ccnc(-n4ccn5c(cc6ccccc65)c4=O)c3CO)cn(C)c2=O)nc1. The number of benzene rings is 1. The summed E-state index contributed by atoms with van der Waals surface area (Å²) in [6.45, 7) is 6.39. The fourth-order valence-corrected chi connectivity index (χ4v) is 6.96. The second kappa shape index (κ2) is 12.1. The molecule has 7 heterocycles. The number of rotatable bonds is 7. The highest BCUT2D eigenvalue weighted by Gasteiger charge is 2.32. The average molecular weight is 645 g/mol. The van der Waals surface area contributed by atoms with Gasteiger partial charge in [0.05, 0.1) is 43.3 Å². The lowest BCUT2D eigenvalue weighted by atomic mass is 10.0. The van der Waals surface area contributed by atoms with Crippen LogP contribution in [0.25, 0.3) is 33.4 Å². The Morgan fingerprint density at radius 1 is 0.979 bits per heavy atom. The molecule has 1 aromatic carbocycles. The van der Waals surface area contributed by atoms with E-state index in [4.69, 9.17) is 4.74 Å². The van der Waals surface area contributed by atoms with Gasteiger partial charge < -0.3 is 29.0 Å². The van der Waals surface area contributed by atoms with E-state index in [9.17, 15) is 14.7 Å². The van der Waals surface area contributed by atoms with Crippen molar-refractivity contribution in [2.24, 2.45) is 7.05 Å². The molecule has 0 saturated carbocycles. The number of fused-ring (bicyclic) bond motifs is 3. The quantitative estimate of drug-likeness (QED) is 0.269. The van der Waals surface area contributed by atoms with Crippen molar-refractivity contribution in [1.82, 2.24) is 28.4 Å². The van der Waals surface area contributed by atoms with E-state index < -0.39 is 0 Å². The number of hydrogen-bond acceptors (Lipinski definition) is 9. The van der Waals surface area contributed by atoms with Gasteiger partial charge in [0, 0.05) is 74.0 Å². The standard InChI is InChI=1S/C36H36N8O4/c1-23-18-41(27-21-48-22-27)11-12-42(23)26-7-8-33(38-17-26)39-30-15-25(19-40(2)35(30)46)28-9-10-37-34(29(28)20-45)44-14-13-43-31-6-4-3-5-24(31)16-32(43)36(44)47/h3-10,13-17,19,23,27,45H,11-12,18,20-22H2,1-2H3,(H,38,39)/t23-/m0/s1. The zero-order valence-electron chi connectivity index (χ0n) is 26.8. The number of piperazine rings is 1.